The number of thiazole rings is 1. The number of aryl methyl sites for hydroxylation is 2. The first-order valence-corrected chi connectivity index (χ1v) is 8.91. The van der Waals surface area contributed by atoms with Crippen molar-refractivity contribution in [2.45, 2.75) is 20.4 Å². The SMILES string of the molecule is C#CCn1c(=NC(=O)c2ccc(C)c(C)c2)sc2cc3c(cc21)OCO3. The van der Waals surface area contributed by atoms with Gasteiger partial charge in [-0.05, 0) is 37.1 Å². The van der Waals surface area contributed by atoms with E-state index in [9.17, 15) is 4.79 Å². The highest BCUT2D eigenvalue weighted by molar-refractivity contribution is 7.16. The van der Waals surface area contributed by atoms with Crippen LogP contribution in [0.15, 0.2) is 35.3 Å². The Balaban J connectivity index is 1.85. The van der Waals surface area contributed by atoms with Gasteiger partial charge in [0, 0.05) is 17.7 Å². The Labute approximate surface area is 154 Å². The molecule has 0 radical (unpaired) electrons. The van der Waals surface area contributed by atoms with E-state index in [1.165, 1.54) is 11.3 Å². The molecular formula is C20H16N2O3S. The maximum absolute atomic E-state index is 12.6. The normalized spacial score (nSPS) is 13.2. The summed E-state index contributed by atoms with van der Waals surface area (Å²) in [4.78, 5) is 17.5. The molecule has 0 unspecified atom stereocenters. The molecule has 4 rings (SSSR count). The minimum absolute atomic E-state index is 0.213. The molecule has 26 heavy (non-hydrogen) atoms. The van der Waals surface area contributed by atoms with Gasteiger partial charge in [-0.2, -0.15) is 4.99 Å². The number of terminal acetylenes is 1. The monoisotopic (exact) mass is 364 g/mol. The maximum Gasteiger partial charge on any atom is 0.279 e. The third-order valence-electron chi connectivity index (χ3n) is 4.38. The third-order valence-corrected chi connectivity index (χ3v) is 5.42. The molecule has 1 amide bonds. The molecule has 0 spiro atoms. The Morgan fingerprint density at radius 1 is 1.23 bits per heavy atom. The first kappa shape index (κ1) is 16.4. The fourth-order valence-electron chi connectivity index (χ4n) is 2.81. The molecule has 0 N–H and O–H groups in total. The van der Waals surface area contributed by atoms with Crippen molar-refractivity contribution >= 4 is 27.5 Å². The molecule has 1 aliphatic heterocycles. The second-order valence-corrected chi connectivity index (χ2v) is 7.07. The molecule has 3 aromatic rings. The number of aromatic nitrogens is 1. The lowest BCUT2D eigenvalue weighted by atomic mass is 10.1. The number of fused-ring (bicyclic) bond motifs is 2. The van der Waals surface area contributed by atoms with Crippen LogP contribution < -0.4 is 14.3 Å². The van der Waals surface area contributed by atoms with Crippen LogP contribution in [0.3, 0.4) is 0 Å². The van der Waals surface area contributed by atoms with Crippen LogP contribution >= 0.6 is 11.3 Å². The Bertz CT molecular complexity index is 1150. The van der Waals surface area contributed by atoms with Crippen molar-refractivity contribution in [3.8, 4) is 23.8 Å². The van der Waals surface area contributed by atoms with Crippen molar-refractivity contribution < 1.29 is 14.3 Å². The zero-order valence-electron chi connectivity index (χ0n) is 14.4. The Kier molecular flexibility index (Phi) is 4.02. The van der Waals surface area contributed by atoms with Gasteiger partial charge in [-0.15, -0.1) is 6.42 Å². The van der Waals surface area contributed by atoms with Crippen LogP contribution in [0.25, 0.3) is 10.2 Å². The van der Waals surface area contributed by atoms with Gasteiger partial charge in [0.25, 0.3) is 5.91 Å². The predicted octanol–water partition coefficient (Wildman–Crippen LogP) is 3.42. The van der Waals surface area contributed by atoms with E-state index in [1.54, 1.807) is 6.07 Å². The molecule has 2 heterocycles. The van der Waals surface area contributed by atoms with Crippen LogP contribution in [0.1, 0.15) is 21.5 Å². The highest BCUT2D eigenvalue weighted by Crippen LogP contribution is 2.36. The molecule has 0 saturated carbocycles. The maximum atomic E-state index is 12.6. The van der Waals surface area contributed by atoms with E-state index < -0.39 is 0 Å². The zero-order chi connectivity index (χ0) is 18.3. The summed E-state index contributed by atoms with van der Waals surface area (Å²) < 4.78 is 13.7. The van der Waals surface area contributed by atoms with E-state index in [1.807, 2.05) is 42.7 Å². The smallest absolute Gasteiger partial charge is 0.279 e. The van der Waals surface area contributed by atoms with Gasteiger partial charge < -0.3 is 14.0 Å². The minimum atomic E-state index is -0.287. The number of carbonyl (C=O) groups is 1. The number of carbonyl (C=O) groups excluding carboxylic acids is 1. The summed E-state index contributed by atoms with van der Waals surface area (Å²) in [5, 5.41) is 0. The number of benzene rings is 2. The van der Waals surface area contributed by atoms with E-state index in [0.717, 1.165) is 21.3 Å². The molecule has 1 aliphatic rings. The van der Waals surface area contributed by atoms with E-state index >= 15 is 0 Å². The van der Waals surface area contributed by atoms with Gasteiger partial charge in [0.1, 0.15) is 0 Å². The second-order valence-electron chi connectivity index (χ2n) is 6.06. The zero-order valence-corrected chi connectivity index (χ0v) is 15.2. The molecule has 6 heteroatoms. The van der Waals surface area contributed by atoms with Crippen molar-refractivity contribution in [2.75, 3.05) is 6.79 Å². The molecule has 0 bridgehead atoms. The topological polar surface area (TPSA) is 52.8 Å². The van der Waals surface area contributed by atoms with Gasteiger partial charge in [-0.3, -0.25) is 4.79 Å². The predicted molar refractivity (Wildman–Crippen MR) is 101 cm³/mol. The molecule has 0 saturated heterocycles. The summed E-state index contributed by atoms with van der Waals surface area (Å²) in [6.07, 6.45) is 5.52. The molecule has 0 fully saturated rings. The number of nitrogens with zero attached hydrogens (tertiary/aromatic N) is 2. The van der Waals surface area contributed by atoms with Crippen LogP contribution in [0.4, 0.5) is 0 Å². The van der Waals surface area contributed by atoms with Crippen LogP contribution in [-0.2, 0) is 6.54 Å². The summed E-state index contributed by atoms with van der Waals surface area (Å²) >= 11 is 1.40. The van der Waals surface area contributed by atoms with E-state index in [0.29, 0.717) is 28.4 Å². The van der Waals surface area contributed by atoms with Gasteiger partial charge in [0.2, 0.25) is 6.79 Å². The van der Waals surface area contributed by atoms with Gasteiger partial charge >= 0.3 is 0 Å². The quantitative estimate of drug-likeness (QED) is 0.655. The minimum Gasteiger partial charge on any atom is -0.454 e. The molecule has 130 valence electrons. The number of hydrogen-bond acceptors (Lipinski definition) is 4. The Hall–Kier alpha value is -3.04. The van der Waals surface area contributed by atoms with Crippen molar-refractivity contribution in [3.63, 3.8) is 0 Å². The summed E-state index contributed by atoms with van der Waals surface area (Å²) in [7, 11) is 0. The number of hydrogen-bond donors (Lipinski definition) is 0. The van der Waals surface area contributed by atoms with Gasteiger partial charge in [0.15, 0.2) is 16.3 Å². The van der Waals surface area contributed by atoms with E-state index in [-0.39, 0.29) is 12.7 Å². The fourth-order valence-corrected chi connectivity index (χ4v) is 3.85. The number of amides is 1. The first-order chi connectivity index (χ1) is 12.6. The van der Waals surface area contributed by atoms with Crippen LogP contribution in [0.2, 0.25) is 0 Å². The highest BCUT2D eigenvalue weighted by Gasteiger charge is 2.18. The average Bonchev–Trinajstić information content (AvgIpc) is 3.20. The van der Waals surface area contributed by atoms with Crippen molar-refractivity contribution in [1.82, 2.24) is 4.57 Å². The Morgan fingerprint density at radius 3 is 2.73 bits per heavy atom. The van der Waals surface area contributed by atoms with Crippen molar-refractivity contribution in [2.24, 2.45) is 4.99 Å². The summed E-state index contributed by atoms with van der Waals surface area (Å²) in [5.74, 6) is 3.71. The number of rotatable bonds is 2. The second kappa shape index (κ2) is 6.36. The largest absolute Gasteiger partial charge is 0.454 e. The average molecular weight is 364 g/mol. The lowest BCUT2D eigenvalue weighted by Gasteiger charge is -2.02. The van der Waals surface area contributed by atoms with E-state index in [2.05, 4.69) is 10.9 Å². The van der Waals surface area contributed by atoms with Gasteiger partial charge in [-0.1, -0.05) is 23.3 Å². The van der Waals surface area contributed by atoms with Crippen LogP contribution in [0, 0.1) is 26.2 Å². The summed E-state index contributed by atoms with van der Waals surface area (Å²) in [5.41, 5.74) is 3.64. The standard InChI is InChI=1S/C20H16N2O3S/c1-4-7-22-15-9-16-17(25-11-24-16)10-18(15)26-20(22)21-19(23)14-6-5-12(2)13(3)8-14/h1,5-6,8-10H,7,11H2,2-3H3. The lowest BCUT2D eigenvalue weighted by Crippen LogP contribution is -2.16. The first-order valence-electron chi connectivity index (χ1n) is 8.09. The molecule has 0 atom stereocenters. The van der Waals surface area contributed by atoms with Crippen molar-refractivity contribution in [1.29, 1.82) is 0 Å². The summed E-state index contributed by atoms with van der Waals surface area (Å²) in [6, 6.07) is 9.36. The molecule has 5 nitrogen and oxygen atoms in total. The molecular weight excluding hydrogens is 348 g/mol. The lowest BCUT2D eigenvalue weighted by molar-refractivity contribution is 0.0998. The number of ether oxygens (including phenoxy) is 2. The molecule has 2 aromatic carbocycles. The molecule has 1 aromatic heterocycles. The van der Waals surface area contributed by atoms with Crippen molar-refractivity contribution in [3.05, 3.63) is 51.8 Å². The molecule has 0 aliphatic carbocycles. The van der Waals surface area contributed by atoms with E-state index in [4.69, 9.17) is 15.9 Å². The summed E-state index contributed by atoms with van der Waals surface area (Å²) in [6.45, 7) is 4.52. The third kappa shape index (κ3) is 2.76. The van der Waals surface area contributed by atoms with Crippen LogP contribution in [0.5, 0.6) is 11.5 Å². The van der Waals surface area contributed by atoms with Gasteiger partial charge in [0.05, 0.1) is 16.8 Å². The van der Waals surface area contributed by atoms with Crippen LogP contribution in [-0.4, -0.2) is 17.3 Å². The highest BCUT2D eigenvalue weighted by atomic mass is 32.1. The van der Waals surface area contributed by atoms with Gasteiger partial charge in [-0.25, -0.2) is 0 Å². The Morgan fingerprint density at radius 2 is 2.00 bits per heavy atom. The fraction of sp³-hybridized carbons (Fsp3) is 0.200.